The Kier molecular flexibility index (Phi) is 6.88. The molecule has 0 amide bonds. The molecule has 4 aromatic rings. The van der Waals surface area contributed by atoms with Crippen LogP contribution in [0, 0.1) is 28.8 Å². The lowest BCUT2D eigenvalue weighted by Crippen LogP contribution is -2.28. The molecule has 0 unspecified atom stereocenters. The summed E-state index contributed by atoms with van der Waals surface area (Å²) < 4.78 is 122. The van der Waals surface area contributed by atoms with Crippen molar-refractivity contribution in [2.45, 2.75) is 18.9 Å². The minimum atomic E-state index is -5.12. The molecule has 0 bridgehead atoms. The molecule has 13 heteroatoms. The molecule has 0 radical (unpaired) electrons. The average molecular weight is 558 g/mol. The van der Waals surface area contributed by atoms with E-state index in [-0.39, 0.29) is 20.9 Å². The highest BCUT2D eigenvalue weighted by molar-refractivity contribution is 7.18. The van der Waals surface area contributed by atoms with Gasteiger partial charge in [0.2, 0.25) is 0 Å². The van der Waals surface area contributed by atoms with Crippen molar-refractivity contribution in [3.8, 4) is 27.1 Å². The van der Waals surface area contributed by atoms with E-state index in [1.165, 1.54) is 18.2 Å². The summed E-state index contributed by atoms with van der Waals surface area (Å²) in [6.45, 7) is -0.671. The topological polar surface area (TPSA) is 45.8 Å². The van der Waals surface area contributed by atoms with Gasteiger partial charge in [-0.2, -0.15) is 31.6 Å². The number of alkyl halides is 6. The largest absolute Gasteiger partial charge is 0.419 e. The van der Waals surface area contributed by atoms with Gasteiger partial charge in [-0.15, -0.1) is 11.3 Å². The zero-order chi connectivity index (χ0) is 28.0. The molecule has 196 valence electrons. The van der Waals surface area contributed by atoms with Crippen LogP contribution < -0.4 is 5.56 Å². The first kappa shape index (κ1) is 27.0. The van der Waals surface area contributed by atoms with Crippen molar-refractivity contribution in [1.29, 1.82) is 5.26 Å². The van der Waals surface area contributed by atoms with Gasteiger partial charge < -0.3 is 4.57 Å². The first-order valence-corrected chi connectivity index (χ1v) is 11.2. The highest BCUT2D eigenvalue weighted by atomic mass is 32.1. The number of nitriles is 1. The summed E-state index contributed by atoms with van der Waals surface area (Å²) in [6.07, 6.45) is -10.1. The van der Waals surface area contributed by atoms with E-state index in [0.717, 1.165) is 29.5 Å². The summed E-state index contributed by atoms with van der Waals surface area (Å²) in [5.74, 6) is -3.59. The van der Waals surface area contributed by atoms with Gasteiger partial charge in [0.1, 0.15) is 29.1 Å². The lowest BCUT2D eigenvalue weighted by molar-refractivity contribution is -0.140. The van der Waals surface area contributed by atoms with Crippen LogP contribution >= 0.6 is 11.3 Å². The van der Waals surface area contributed by atoms with Crippen molar-refractivity contribution in [3.63, 3.8) is 0 Å². The van der Waals surface area contributed by atoms with Crippen LogP contribution in [0.5, 0.6) is 0 Å². The fraction of sp³-hybridized carbons (Fsp3) is 0.120. The molecule has 0 spiro atoms. The molecule has 0 aliphatic rings. The van der Waals surface area contributed by atoms with Gasteiger partial charge >= 0.3 is 12.4 Å². The monoisotopic (exact) mass is 558 g/mol. The predicted octanol–water partition coefficient (Wildman–Crippen LogP) is 7.62. The van der Waals surface area contributed by atoms with Crippen molar-refractivity contribution in [2.24, 2.45) is 0 Å². The van der Waals surface area contributed by atoms with Crippen LogP contribution in [0.1, 0.15) is 22.3 Å². The molecule has 0 atom stereocenters. The molecule has 3 nitrogen and oxygen atoms in total. The maximum Gasteiger partial charge on any atom is 0.419 e. The molecule has 0 aliphatic heterocycles. The Balaban J connectivity index is 1.90. The van der Waals surface area contributed by atoms with E-state index in [1.807, 2.05) is 0 Å². The second kappa shape index (κ2) is 9.68. The first-order chi connectivity index (χ1) is 17.7. The number of hydrogen-bond donors (Lipinski definition) is 0. The molecule has 0 saturated heterocycles. The van der Waals surface area contributed by atoms with Gasteiger partial charge in [0, 0.05) is 16.5 Å². The summed E-state index contributed by atoms with van der Waals surface area (Å²) in [5.41, 5.74) is -6.37. The van der Waals surface area contributed by atoms with Crippen LogP contribution in [0.3, 0.4) is 0 Å². The highest BCUT2D eigenvalue weighted by Crippen LogP contribution is 2.39. The zero-order valence-corrected chi connectivity index (χ0v) is 19.3. The summed E-state index contributed by atoms with van der Waals surface area (Å²) in [6, 6.07) is 8.74. The lowest BCUT2D eigenvalue weighted by atomic mass is 10.1. The molecular weight excluding hydrogens is 547 g/mol. The smallest absolute Gasteiger partial charge is 0.302 e. The normalized spacial score (nSPS) is 12.0. The zero-order valence-electron chi connectivity index (χ0n) is 18.5. The van der Waals surface area contributed by atoms with Gasteiger partial charge in [0.05, 0.1) is 28.2 Å². The van der Waals surface area contributed by atoms with Crippen molar-refractivity contribution < 1.29 is 39.5 Å². The highest BCUT2D eigenvalue weighted by Gasteiger charge is 2.37. The maximum atomic E-state index is 14.3. The second-order valence-electron chi connectivity index (χ2n) is 7.91. The third kappa shape index (κ3) is 5.17. The minimum absolute atomic E-state index is 0.0186. The molecule has 2 aromatic carbocycles. The summed E-state index contributed by atoms with van der Waals surface area (Å²) in [5, 5.41) is 9.26. The number of pyridine rings is 1. The van der Waals surface area contributed by atoms with Crippen LogP contribution in [-0.4, -0.2) is 4.57 Å². The Morgan fingerprint density at radius 3 is 2.03 bits per heavy atom. The Morgan fingerprint density at radius 2 is 1.45 bits per heavy atom. The van der Waals surface area contributed by atoms with E-state index in [2.05, 4.69) is 0 Å². The van der Waals surface area contributed by atoms with Gasteiger partial charge in [0.25, 0.3) is 5.56 Å². The molecule has 38 heavy (non-hydrogen) atoms. The number of aromatic nitrogens is 1. The molecule has 2 aromatic heterocycles. The van der Waals surface area contributed by atoms with E-state index in [9.17, 15) is 49.6 Å². The Hall–Kier alpha value is -4.05. The third-order valence-corrected chi connectivity index (χ3v) is 6.64. The Morgan fingerprint density at radius 1 is 0.789 bits per heavy atom. The van der Waals surface area contributed by atoms with Crippen LogP contribution in [0.15, 0.2) is 59.4 Å². The van der Waals surface area contributed by atoms with Gasteiger partial charge in [0.15, 0.2) is 0 Å². The number of nitrogens with zero attached hydrogens (tertiary/aromatic N) is 2. The van der Waals surface area contributed by atoms with Gasteiger partial charge in [-0.1, -0.05) is 12.1 Å². The molecule has 0 saturated carbocycles. The van der Waals surface area contributed by atoms with E-state index in [4.69, 9.17) is 0 Å². The number of halogens is 9. The van der Waals surface area contributed by atoms with Crippen molar-refractivity contribution in [3.05, 3.63) is 105 Å². The van der Waals surface area contributed by atoms with Crippen LogP contribution in [0.2, 0.25) is 0 Å². The Bertz CT molecular complexity index is 1640. The minimum Gasteiger partial charge on any atom is -0.302 e. The summed E-state index contributed by atoms with van der Waals surface area (Å²) in [7, 11) is 0. The molecule has 0 fully saturated rings. The number of rotatable bonds is 4. The van der Waals surface area contributed by atoms with Crippen LogP contribution in [0.4, 0.5) is 39.5 Å². The summed E-state index contributed by atoms with van der Waals surface area (Å²) in [4.78, 5) is 13.1. The standard InChI is InChI=1S/C25H11F9N2OS/c26-14-3-1-13(18(27)8-14)11-36-20(9-17(25(32,33)34)15(10-35)23(36)37)22-6-5-21(38-22)12-2-4-16(19(28)7-12)24(29,30)31/h1-9H,11H2. The van der Waals surface area contributed by atoms with Crippen LogP contribution in [-0.2, 0) is 18.9 Å². The van der Waals surface area contributed by atoms with E-state index >= 15 is 0 Å². The lowest BCUT2D eigenvalue weighted by Gasteiger charge is -2.17. The fourth-order valence-corrected chi connectivity index (χ4v) is 4.72. The van der Waals surface area contributed by atoms with Gasteiger partial charge in [-0.3, -0.25) is 4.79 Å². The first-order valence-electron chi connectivity index (χ1n) is 10.4. The number of benzene rings is 2. The molecule has 0 aliphatic carbocycles. The van der Waals surface area contributed by atoms with E-state index in [1.54, 1.807) is 0 Å². The number of thiophene rings is 1. The molecule has 0 N–H and O–H groups in total. The quantitative estimate of drug-likeness (QED) is 0.242. The van der Waals surface area contributed by atoms with Crippen molar-refractivity contribution in [1.82, 2.24) is 4.57 Å². The summed E-state index contributed by atoms with van der Waals surface area (Å²) >= 11 is 0.722. The average Bonchev–Trinajstić information content (AvgIpc) is 3.30. The Labute approximate surface area is 211 Å². The third-order valence-electron chi connectivity index (χ3n) is 5.48. The van der Waals surface area contributed by atoms with E-state index in [0.29, 0.717) is 28.8 Å². The van der Waals surface area contributed by atoms with Gasteiger partial charge in [-0.05, 0) is 42.0 Å². The second-order valence-corrected chi connectivity index (χ2v) is 8.99. The van der Waals surface area contributed by atoms with Crippen molar-refractivity contribution in [2.75, 3.05) is 0 Å². The SMILES string of the molecule is N#Cc1c(C(F)(F)F)cc(-c2ccc(-c3ccc(C(F)(F)F)c(F)c3)s2)n(Cc2ccc(F)cc2F)c1=O. The van der Waals surface area contributed by atoms with Gasteiger partial charge in [-0.25, -0.2) is 13.2 Å². The van der Waals surface area contributed by atoms with Crippen molar-refractivity contribution >= 4 is 11.3 Å². The van der Waals surface area contributed by atoms with Crippen LogP contribution in [0.25, 0.3) is 21.0 Å². The maximum absolute atomic E-state index is 14.3. The number of hydrogen-bond acceptors (Lipinski definition) is 3. The van der Waals surface area contributed by atoms with E-state index < -0.39 is 64.3 Å². The molecular formula is C25H11F9N2OS. The molecule has 4 rings (SSSR count). The molecule has 2 heterocycles. The fourth-order valence-electron chi connectivity index (χ4n) is 3.69. The predicted molar refractivity (Wildman–Crippen MR) is 120 cm³/mol.